The van der Waals surface area contributed by atoms with Gasteiger partial charge in [0.2, 0.25) is 5.91 Å². The minimum atomic E-state index is -0.561. The first kappa shape index (κ1) is 19.5. The summed E-state index contributed by atoms with van der Waals surface area (Å²) in [5.41, 5.74) is 6.52. The number of rotatable bonds is 6. The Morgan fingerprint density at radius 2 is 1.79 bits per heavy atom. The summed E-state index contributed by atoms with van der Waals surface area (Å²) in [5, 5.41) is 12.5. The fraction of sp³-hybridized carbons (Fsp3) is 0.0556. The number of nitrogens with one attached hydrogen (secondary N) is 2. The van der Waals surface area contributed by atoms with E-state index in [0.29, 0.717) is 0 Å². The number of nitrogens with zero attached hydrogens (tertiary/aromatic N) is 2. The molecular weight excluding hydrogens is 400 g/mol. The van der Waals surface area contributed by atoms with Crippen LogP contribution in [0.5, 0.6) is 0 Å². The molecule has 3 rings (SSSR count). The first-order valence-electron chi connectivity index (χ1n) is 8.00. The molecule has 0 saturated heterocycles. The van der Waals surface area contributed by atoms with Crippen molar-refractivity contribution in [3.63, 3.8) is 0 Å². The number of nitro groups is 1. The molecule has 0 radical (unpaired) electrons. The van der Waals surface area contributed by atoms with E-state index < -0.39 is 16.7 Å². The minimum Gasteiger partial charge on any atom is -0.272 e. The van der Waals surface area contributed by atoms with Crippen LogP contribution in [0.25, 0.3) is 11.3 Å². The topological polar surface area (TPSA) is 114 Å². The molecule has 0 aliphatic rings. The molecule has 2 amide bonds. The third kappa shape index (κ3) is 5.15. The van der Waals surface area contributed by atoms with Gasteiger partial charge in [-0.25, -0.2) is 4.98 Å². The number of carbonyl (C=O) groups is 2. The molecule has 142 valence electrons. The predicted octanol–water partition coefficient (Wildman–Crippen LogP) is 3.27. The Bertz CT molecular complexity index is 990. The van der Waals surface area contributed by atoms with Crippen LogP contribution in [0.15, 0.2) is 64.3 Å². The van der Waals surface area contributed by atoms with Crippen LogP contribution < -0.4 is 10.9 Å². The number of carbonyl (C=O) groups excluding carboxylic acids is 2. The van der Waals surface area contributed by atoms with Crippen LogP contribution in [0.4, 0.5) is 5.69 Å². The van der Waals surface area contributed by atoms with Gasteiger partial charge in [0.15, 0.2) is 4.34 Å². The number of hydrogen-bond acceptors (Lipinski definition) is 7. The van der Waals surface area contributed by atoms with E-state index in [1.54, 1.807) is 0 Å². The van der Waals surface area contributed by atoms with Crippen LogP contribution in [0.3, 0.4) is 0 Å². The average molecular weight is 414 g/mol. The van der Waals surface area contributed by atoms with Crippen molar-refractivity contribution in [2.45, 2.75) is 4.34 Å². The number of amides is 2. The van der Waals surface area contributed by atoms with E-state index >= 15 is 0 Å². The average Bonchev–Trinajstić information content (AvgIpc) is 3.20. The van der Waals surface area contributed by atoms with Crippen LogP contribution >= 0.6 is 23.1 Å². The van der Waals surface area contributed by atoms with E-state index in [0.717, 1.165) is 15.6 Å². The number of hydrogen-bond donors (Lipinski definition) is 2. The standard InChI is InChI=1S/C18H14N4O4S2/c23-16(20-21-17(24)13-6-8-14(9-7-13)22(25)26)11-28-18-19-15(10-27-18)12-4-2-1-3-5-12/h1-10H,11H2,(H,20,23)(H,21,24). The number of aromatic nitrogens is 1. The Hall–Kier alpha value is -3.24. The fourth-order valence-corrected chi connectivity index (χ4v) is 3.80. The van der Waals surface area contributed by atoms with Gasteiger partial charge in [0, 0.05) is 28.6 Å². The highest BCUT2D eigenvalue weighted by Gasteiger charge is 2.11. The van der Waals surface area contributed by atoms with E-state index in [2.05, 4.69) is 15.8 Å². The number of hydrazine groups is 1. The maximum absolute atomic E-state index is 12.0. The van der Waals surface area contributed by atoms with Crippen LogP contribution in [-0.4, -0.2) is 27.5 Å². The summed E-state index contributed by atoms with van der Waals surface area (Å²) in [4.78, 5) is 38.4. The number of thiazole rings is 1. The van der Waals surface area contributed by atoms with Gasteiger partial charge in [-0.1, -0.05) is 42.1 Å². The molecule has 0 fully saturated rings. The predicted molar refractivity (Wildman–Crippen MR) is 107 cm³/mol. The second-order valence-corrected chi connectivity index (χ2v) is 7.54. The molecule has 0 aliphatic carbocycles. The molecule has 0 unspecified atom stereocenters. The zero-order valence-corrected chi connectivity index (χ0v) is 16.0. The molecule has 28 heavy (non-hydrogen) atoms. The molecular formula is C18H14N4O4S2. The highest BCUT2D eigenvalue weighted by molar-refractivity contribution is 8.01. The van der Waals surface area contributed by atoms with Crippen molar-refractivity contribution < 1.29 is 14.5 Å². The normalized spacial score (nSPS) is 10.3. The van der Waals surface area contributed by atoms with E-state index in [1.807, 2.05) is 35.7 Å². The van der Waals surface area contributed by atoms with Crippen molar-refractivity contribution >= 4 is 40.6 Å². The van der Waals surface area contributed by atoms with E-state index in [1.165, 1.54) is 47.4 Å². The molecule has 0 saturated carbocycles. The van der Waals surface area contributed by atoms with Crippen molar-refractivity contribution in [2.75, 3.05) is 5.75 Å². The van der Waals surface area contributed by atoms with Gasteiger partial charge in [-0.05, 0) is 12.1 Å². The van der Waals surface area contributed by atoms with Crippen LogP contribution in [0, 0.1) is 10.1 Å². The zero-order valence-electron chi connectivity index (χ0n) is 14.3. The summed E-state index contributed by atoms with van der Waals surface area (Å²) in [6, 6.07) is 14.8. The third-order valence-electron chi connectivity index (χ3n) is 3.54. The zero-order chi connectivity index (χ0) is 19.9. The van der Waals surface area contributed by atoms with Crippen LogP contribution in [0.1, 0.15) is 10.4 Å². The molecule has 0 bridgehead atoms. The lowest BCUT2D eigenvalue weighted by atomic mass is 10.2. The van der Waals surface area contributed by atoms with Gasteiger partial charge in [-0.3, -0.25) is 30.6 Å². The quantitative estimate of drug-likeness (QED) is 0.363. The molecule has 2 aromatic carbocycles. The number of non-ortho nitro benzene ring substituents is 1. The molecule has 8 nitrogen and oxygen atoms in total. The second-order valence-electron chi connectivity index (χ2n) is 5.46. The molecule has 1 heterocycles. The maximum Gasteiger partial charge on any atom is 0.269 e. The van der Waals surface area contributed by atoms with Crippen molar-refractivity contribution in [2.24, 2.45) is 0 Å². The summed E-state index contributed by atoms with van der Waals surface area (Å²) in [6.45, 7) is 0. The Morgan fingerprint density at radius 1 is 1.07 bits per heavy atom. The van der Waals surface area contributed by atoms with Gasteiger partial charge in [0.25, 0.3) is 11.6 Å². The van der Waals surface area contributed by atoms with Crippen LogP contribution in [-0.2, 0) is 4.79 Å². The van der Waals surface area contributed by atoms with Gasteiger partial charge >= 0.3 is 0 Å². The van der Waals surface area contributed by atoms with Crippen LogP contribution in [0.2, 0.25) is 0 Å². The SMILES string of the molecule is O=C(CSc1nc(-c2ccccc2)cs1)NNC(=O)c1ccc([N+](=O)[O-])cc1. The smallest absolute Gasteiger partial charge is 0.269 e. The number of benzene rings is 2. The Morgan fingerprint density at radius 3 is 2.46 bits per heavy atom. The first-order chi connectivity index (χ1) is 13.5. The maximum atomic E-state index is 12.0. The van der Waals surface area contributed by atoms with E-state index in [-0.39, 0.29) is 17.0 Å². The molecule has 0 spiro atoms. The highest BCUT2D eigenvalue weighted by Crippen LogP contribution is 2.27. The first-order valence-corrected chi connectivity index (χ1v) is 9.87. The van der Waals surface area contributed by atoms with E-state index in [4.69, 9.17) is 0 Å². The number of nitro benzene ring substituents is 1. The van der Waals surface area contributed by atoms with Gasteiger partial charge in [-0.15, -0.1) is 11.3 Å². The molecule has 0 atom stereocenters. The molecule has 3 aromatic rings. The lowest BCUT2D eigenvalue weighted by Crippen LogP contribution is -2.42. The van der Waals surface area contributed by atoms with Gasteiger partial charge in [-0.2, -0.15) is 0 Å². The molecule has 0 aliphatic heterocycles. The fourth-order valence-electron chi connectivity index (χ4n) is 2.16. The highest BCUT2D eigenvalue weighted by atomic mass is 32.2. The number of thioether (sulfide) groups is 1. The van der Waals surface area contributed by atoms with Crippen molar-refractivity contribution in [1.82, 2.24) is 15.8 Å². The van der Waals surface area contributed by atoms with Gasteiger partial charge in [0.05, 0.1) is 16.4 Å². The Labute approximate surface area is 168 Å². The van der Waals surface area contributed by atoms with E-state index in [9.17, 15) is 19.7 Å². The lowest BCUT2D eigenvalue weighted by molar-refractivity contribution is -0.384. The van der Waals surface area contributed by atoms with Crippen molar-refractivity contribution in [3.8, 4) is 11.3 Å². The minimum absolute atomic E-state index is 0.0856. The summed E-state index contributed by atoms with van der Waals surface area (Å²) < 4.78 is 0.746. The summed E-state index contributed by atoms with van der Waals surface area (Å²) in [7, 11) is 0. The summed E-state index contributed by atoms with van der Waals surface area (Å²) in [6.07, 6.45) is 0. The van der Waals surface area contributed by atoms with Crippen molar-refractivity contribution in [1.29, 1.82) is 0 Å². The summed E-state index contributed by atoms with van der Waals surface area (Å²) >= 11 is 2.71. The lowest BCUT2D eigenvalue weighted by Gasteiger charge is -2.06. The largest absolute Gasteiger partial charge is 0.272 e. The Balaban J connectivity index is 1.46. The molecule has 10 heteroatoms. The monoisotopic (exact) mass is 414 g/mol. The molecule has 1 aromatic heterocycles. The third-order valence-corrected chi connectivity index (χ3v) is 5.56. The van der Waals surface area contributed by atoms with Gasteiger partial charge < -0.3 is 0 Å². The van der Waals surface area contributed by atoms with Crippen molar-refractivity contribution in [3.05, 3.63) is 75.7 Å². The second kappa shape index (κ2) is 9.11. The molecule has 2 N–H and O–H groups in total. The van der Waals surface area contributed by atoms with Gasteiger partial charge in [0.1, 0.15) is 0 Å². The Kier molecular flexibility index (Phi) is 6.35. The summed E-state index contributed by atoms with van der Waals surface area (Å²) in [5.74, 6) is -0.868.